The number of amides is 1. The van der Waals surface area contributed by atoms with Gasteiger partial charge in [-0.05, 0) is 51.8 Å². The lowest BCUT2D eigenvalue weighted by Crippen LogP contribution is -2.42. The summed E-state index contributed by atoms with van der Waals surface area (Å²) in [4.78, 5) is 13.9. The van der Waals surface area contributed by atoms with Crippen LogP contribution in [0.1, 0.15) is 52.5 Å². The lowest BCUT2D eigenvalue weighted by molar-refractivity contribution is 0.0212. The van der Waals surface area contributed by atoms with Crippen LogP contribution in [0.25, 0.3) is 0 Å². The van der Waals surface area contributed by atoms with Gasteiger partial charge in [-0.15, -0.1) is 0 Å². The average Bonchev–Trinajstić information content (AvgIpc) is 2.40. The standard InChI is InChI=1S/C17H25Cl2NO2/c1-7-13(12-8-9-14(18)15(19)10-12)11(2)20(6)16(21)22-17(3,4)5/h8-11,13H,7H2,1-6H3/t11?,13-/m1/s1. The SMILES string of the molecule is CC[C@@H](c1ccc(Cl)c(Cl)c1)C(C)N(C)C(=O)OC(C)(C)C. The topological polar surface area (TPSA) is 29.5 Å². The number of likely N-dealkylation sites (N-methyl/N-ethyl adjacent to an activating group) is 1. The van der Waals surface area contributed by atoms with E-state index < -0.39 is 5.60 Å². The van der Waals surface area contributed by atoms with Gasteiger partial charge in [-0.25, -0.2) is 4.79 Å². The molecule has 0 aromatic heterocycles. The monoisotopic (exact) mass is 345 g/mol. The minimum Gasteiger partial charge on any atom is -0.444 e. The molecular formula is C17H25Cl2NO2. The molecule has 2 atom stereocenters. The quantitative estimate of drug-likeness (QED) is 0.695. The lowest BCUT2D eigenvalue weighted by Gasteiger charge is -2.33. The van der Waals surface area contributed by atoms with Gasteiger partial charge in [0.15, 0.2) is 0 Å². The van der Waals surface area contributed by atoms with Crippen LogP contribution in [-0.4, -0.2) is 29.7 Å². The molecule has 0 spiro atoms. The normalized spacial score (nSPS) is 14.4. The van der Waals surface area contributed by atoms with Crippen LogP contribution in [0.15, 0.2) is 18.2 Å². The molecule has 0 N–H and O–H groups in total. The largest absolute Gasteiger partial charge is 0.444 e. The van der Waals surface area contributed by atoms with Crippen molar-refractivity contribution in [1.29, 1.82) is 0 Å². The minimum atomic E-state index is -0.504. The van der Waals surface area contributed by atoms with Crippen molar-refractivity contribution in [2.75, 3.05) is 7.05 Å². The smallest absolute Gasteiger partial charge is 0.410 e. The molecule has 22 heavy (non-hydrogen) atoms. The first-order valence-electron chi connectivity index (χ1n) is 7.47. The van der Waals surface area contributed by atoms with Crippen LogP contribution in [0.2, 0.25) is 10.0 Å². The van der Waals surface area contributed by atoms with Gasteiger partial charge in [0.25, 0.3) is 0 Å². The van der Waals surface area contributed by atoms with E-state index in [0.717, 1.165) is 12.0 Å². The van der Waals surface area contributed by atoms with Crippen LogP contribution in [0.3, 0.4) is 0 Å². The Morgan fingerprint density at radius 2 is 1.86 bits per heavy atom. The molecule has 0 bridgehead atoms. The first-order chi connectivity index (χ1) is 10.1. The van der Waals surface area contributed by atoms with Crippen LogP contribution in [-0.2, 0) is 4.74 Å². The predicted molar refractivity (Wildman–Crippen MR) is 93.0 cm³/mol. The highest BCUT2D eigenvalue weighted by Gasteiger charge is 2.28. The third-order valence-corrected chi connectivity index (χ3v) is 4.43. The van der Waals surface area contributed by atoms with Crippen molar-refractivity contribution in [2.45, 2.75) is 58.6 Å². The fourth-order valence-electron chi connectivity index (χ4n) is 2.37. The first-order valence-corrected chi connectivity index (χ1v) is 8.23. The maximum absolute atomic E-state index is 12.2. The Morgan fingerprint density at radius 1 is 1.27 bits per heavy atom. The van der Waals surface area contributed by atoms with Gasteiger partial charge in [0.2, 0.25) is 0 Å². The number of carbonyl (C=O) groups is 1. The molecule has 5 heteroatoms. The zero-order valence-electron chi connectivity index (χ0n) is 14.1. The Balaban J connectivity index is 2.93. The second-order valence-electron chi connectivity index (χ2n) is 6.52. The average molecular weight is 346 g/mol. The highest BCUT2D eigenvalue weighted by molar-refractivity contribution is 6.42. The highest BCUT2D eigenvalue weighted by Crippen LogP contribution is 2.31. The second-order valence-corrected chi connectivity index (χ2v) is 7.33. The van der Waals surface area contributed by atoms with E-state index in [2.05, 4.69) is 6.92 Å². The summed E-state index contributed by atoms with van der Waals surface area (Å²) in [6, 6.07) is 5.61. The summed E-state index contributed by atoms with van der Waals surface area (Å²) in [5.41, 5.74) is 0.566. The van der Waals surface area contributed by atoms with Crippen molar-refractivity contribution in [3.05, 3.63) is 33.8 Å². The van der Waals surface area contributed by atoms with E-state index in [0.29, 0.717) is 10.0 Å². The molecule has 0 radical (unpaired) electrons. The number of halogens is 2. The third-order valence-electron chi connectivity index (χ3n) is 3.69. The van der Waals surface area contributed by atoms with Gasteiger partial charge in [0.05, 0.1) is 10.0 Å². The Bertz CT molecular complexity index is 526. The molecule has 1 aromatic rings. The molecule has 0 aliphatic rings. The van der Waals surface area contributed by atoms with Gasteiger partial charge in [-0.3, -0.25) is 0 Å². The van der Waals surface area contributed by atoms with Crippen molar-refractivity contribution in [1.82, 2.24) is 4.90 Å². The van der Waals surface area contributed by atoms with Crippen LogP contribution in [0.5, 0.6) is 0 Å². The van der Waals surface area contributed by atoms with E-state index in [1.54, 1.807) is 18.0 Å². The lowest BCUT2D eigenvalue weighted by atomic mass is 9.89. The number of benzene rings is 1. The van der Waals surface area contributed by atoms with Gasteiger partial charge in [-0.1, -0.05) is 36.2 Å². The number of rotatable bonds is 4. The Kier molecular flexibility index (Phi) is 6.57. The van der Waals surface area contributed by atoms with Gasteiger partial charge in [0, 0.05) is 19.0 Å². The number of nitrogens with zero attached hydrogens (tertiary/aromatic N) is 1. The second kappa shape index (κ2) is 7.56. The van der Waals surface area contributed by atoms with Gasteiger partial charge in [-0.2, -0.15) is 0 Å². The molecule has 0 aliphatic carbocycles. The molecule has 1 unspecified atom stereocenters. The number of carbonyl (C=O) groups excluding carboxylic acids is 1. The van der Waals surface area contributed by atoms with E-state index >= 15 is 0 Å². The van der Waals surface area contributed by atoms with Crippen LogP contribution < -0.4 is 0 Å². The maximum atomic E-state index is 12.2. The molecule has 1 aromatic carbocycles. The van der Waals surface area contributed by atoms with Crippen molar-refractivity contribution >= 4 is 29.3 Å². The summed E-state index contributed by atoms with van der Waals surface area (Å²) in [7, 11) is 1.76. The molecule has 0 saturated carbocycles. The van der Waals surface area contributed by atoms with E-state index in [1.165, 1.54) is 0 Å². The molecule has 1 amide bonds. The van der Waals surface area contributed by atoms with Crippen molar-refractivity contribution < 1.29 is 9.53 Å². The van der Waals surface area contributed by atoms with Crippen molar-refractivity contribution in [3.8, 4) is 0 Å². The molecular weight excluding hydrogens is 321 g/mol. The summed E-state index contributed by atoms with van der Waals surface area (Å²) in [5.74, 6) is 0.160. The fraction of sp³-hybridized carbons (Fsp3) is 0.588. The zero-order chi connectivity index (χ0) is 17.1. The number of hydrogen-bond acceptors (Lipinski definition) is 2. The van der Waals surface area contributed by atoms with Crippen LogP contribution >= 0.6 is 23.2 Å². The van der Waals surface area contributed by atoms with Crippen LogP contribution in [0.4, 0.5) is 4.79 Å². The molecule has 1 rings (SSSR count). The van der Waals surface area contributed by atoms with Gasteiger partial charge in [0.1, 0.15) is 5.60 Å². The minimum absolute atomic E-state index is 0.0166. The van der Waals surface area contributed by atoms with E-state index in [-0.39, 0.29) is 18.1 Å². The van der Waals surface area contributed by atoms with E-state index in [9.17, 15) is 4.79 Å². The summed E-state index contributed by atoms with van der Waals surface area (Å²) >= 11 is 12.1. The molecule has 3 nitrogen and oxygen atoms in total. The maximum Gasteiger partial charge on any atom is 0.410 e. The summed E-state index contributed by atoms with van der Waals surface area (Å²) < 4.78 is 5.43. The number of hydrogen-bond donors (Lipinski definition) is 0. The zero-order valence-corrected chi connectivity index (χ0v) is 15.6. The molecule has 0 aliphatic heterocycles. The van der Waals surface area contributed by atoms with E-state index in [4.69, 9.17) is 27.9 Å². The highest BCUT2D eigenvalue weighted by atomic mass is 35.5. The van der Waals surface area contributed by atoms with Crippen molar-refractivity contribution in [3.63, 3.8) is 0 Å². The summed E-state index contributed by atoms with van der Waals surface area (Å²) in [6.07, 6.45) is 0.560. The molecule has 124 valence electrons. The Morgan fingerprint density at radius 3 is 2.32 bits per heavy atom. The van der Waals surface area contributed by atoms with Gasteiger partial charge < -0.3 is 9.64 Å². The molecule has 0 saturated heterocycles. The van der Waals surface area contributed by atoms with Crippen LogP contribution in [0, 0.1) is 0 Å². The Hall–Kier alpha value is -0.930. The third kappa shape index (κ3) is 5.06. The predicted octanol–water partition coefficient (Wildman–Crippen LogP) is 5.74. The van der Waals surface area contributed by atoms with Crippen molar-refractivity contribution in [2.24, 2.45) is 0 Å². The first kappa shape index (κ1) is 19.1. The summed E-state index contributed by atoms with van der Waals surface area (Å²) in [5, 5.41) is 1.07. The molecule has 0 heterocycles. The molecule has 0 fully saturated rings. The fourth-order valence-corrected chi connectivity index (χ4v) is 2.67. The number of ether oxygens (including phenoxy) is 1. The summed E-state index contributed by atoms with van der Waals surface area (Å²) in [6.45, 7) is 9.69. The van der Waals surface area contributed by atoms with Gasteiger partial charge >= 0.3 is 6.09 Å². The van der Waals surface area contributed by atoms with E-state index in [1.807, 2.05) is 39.8 Å². The Labute approximate surface area is 143 Å².